The maximum Gasteiger partial charge on any atom is 0.142 e. The summed E-state index contributed by atoms with van der Waals surface area (Å²) in [6, 6.07) is 9.17. The molecule has 0 fully saturated rings. The molecular weight excluding hydrogens is 251 g/mol. The molecule has 2 heterocycles. The van der Waals surface area contributed by atoms with Gasteiger partial charge >= 0.3 is 0 Å². The predicted octanol–water partition coefficient (Wildman–Crippen LogP) is 4.03. The standard InChI is InChI=1S/C14H10ClFN2/c1-18-13(10-4-12(16)8-17-7-10)5-9-2-3-11(15)6-14(9)18/h2-8H,1H3. The molecule has 0 amide bonds. The first-order valence-corrected chi connectivity index (χ1v) is 5.89. The van der Waals surface area contributed by atoms with Gasteiger partial charge in [0.2, 0.25) is 0 Å². The fourth-order valence-corrected chi connectivity index (χ4v) is 2.30. The summed E-state index contributed by atoms with van der Waals surface area (Å²) in [5.41, 5.74) is 2.69. The molecule has 0 spiro atoms. The first-order chi connectivity index (χ1) is 8.65. The minimum atomic E-state index is -0.337. The Kier molecular flexibility index (Phi) is 2.56. The molecule has 0 saturated heterocycles. The maximum atomic E-state index is 13.2. The Morgan fingerprint density at radius 2 is 2.00 bits per heavy atom. The smallest absolute Gasteiger partial charge is 0.142 e. The van der Waals surface area contributed by atoms with Crippen molar-refractivity contribution in [2.24, 2.45) is 7.05 Å². The zero-order chi connectivity index (χ0) is 12.7. The number of halogens is 2. The number of aryl methyl sites for hydroxylation is 1. The maximum absolute atomic E-state index is 13.2. The van der Waals surface area contributed by atoms with Crippen molar-refractivity contribution in [3.8, 4) is 11.3 Å². The molecule has 0 aliphatic rings. The predicted molar refractivity (Wildman–Crippen MR) is 71.1 cm³/mol. The van der Waals surface area contributed by atoms with Crippen molar-refractivity contribution < 1.29 is 4.39 Å². The fourth-order valence-electron chi connectivity index (χ4n) is 2.13. The molecule has 3 rings (SSSR count). The lowest BCUT2D eigenvalue weighted by Crippen LogP contribution is -1.92. The molecule has 0 aliphatic heterocycles. The molecular formula is C14H10ClFN2. The quantitative estimate of drug-likeness (QED) is 0.646. The lowest BCUT2D eigenvalue weighted by molar-refractivity contribution is 0.622. The van der Waals surface area contributed by atoms with Gasteiger partial charge in [-0.2, -0.15) is 0 Å². The molecule has 0 atom stereocenters. The summed E-state index contributed by atoms with van der Waals surface area (Å²) < 4.78 is 15.2. The molecule has 0 bridgehead atoms. The van der Waals surface area contributed by atoms with E-state index in [-0.39, 0.29) is 5.82 Å². The van der Waals surface area contributed by atoms with E-state index in [1.165, 1.54) is 12.3 Å². The molecule has 2 nitrogen and oxygen atoms in total. The first kappa shape index (κ1) is 11.2. The van der Waals surface area contributed by atoms with Gasteiger partial charge in [-0.05, 0) is 24.3 Å². The highest BCUT2D eigenvalue weighted by molar-refractivity contribution is 6.31. The second-order valence-corrected chi connectivity index (χ2v) is 4.62. The van der Waals surface area contributed by atoms with E-state index in [4.69, 9.17) is 11.6 Å². The van der Waals surface area contributed by atoms with Crippen LogP contribution in [0.25, 0.3) is 22.2 Å². The normalized spacial score (nSPS) is 11.1. The molecule has 2 aromatic heterocycles. The zero-order valence-corrected chi connectivity index (χ0v) is 10.4. The van der Waals surface area contributed by atoms with Gasteiger partial charge in [0, 0.05) is 34.7 Å². The Labute approximate surface area is 109 Å². The van der Waals surface area contributed by atoms with Crippen molar-refractivity contribution in [1.82, 2.24) is 9.55 Å². The van der Waals surface area contributed by atoms with E-state index >= 15 is 0 Å². The van der Waals surface area contributed by atoms with Crippen molar-refractivity contribution in [2.75, 3.05) is 0 Å². The van der Waals surface area contributed by atoms with E-state index in [9.17, 15) is 4.39 Å². The molecule has 0 aliphatic carbocycles. The molecule has 0 radical (unpaired) electrons. The Balaban J connectivity index is 2.27. The van der Waals surface area contributed by atoms with Gasteiger partial charge in [-0.15, -0.1) is 0 Å². The van der Waals surface area contributed by atoms with Gasteiger partial charge in [0.1, 0.15) is 5.82 Å². The van der Waals surface area contributed by atoms with Crippen LogP contribution in [0.1, 0.15) is 0 Å². The lowest BCUT2D eigenvalue weighted by atomic mass is 10.2. The number of aromatic nitrogens is 2. The molecule has 4 heteroatoms. The van der Waals surface area contributed by atoms with Gasteiger partial charge in [0.15, 0.2) is 0 Å². The van der Waals surface area contributed by atoms with Crippen molar-refractivity contribution in [1.29, 1.82) is 0 Å². The summed E-state index contributed by atoms with van der Waals surface area (Å²) in [6.07, 6.45) is 2.85. The largest absolute Gasteiger partial charge is 0.344 e. The number of benzene rings is 1. The third-order valence-electron chi connectivity index (χ3n) is 3.01. The number of rotatable bonds is 1. The SMILES string of the molecule is Cn1c(-c2cncc(F)c2)cc2ccc(Cl)cc21. The van der Waals surface area contributed by atoms with Crippen molar-refractivity contribution in [3.05, 3.63) is 53.6 Å². The van der Waals surface area contributed by atoms with E-state index < -0.39 is 0 Å². The van der Waals surface area contributed by atoms with Crippen molar-refractivity contribution in [2.45, 2.75) is 0 Å². The summed E-state index contributed by atoms with van der Waals surface area (Å²) in [4.78, 5) is 3.88. The van der Waals surface area contributed by atoms with Gasteiger partial charge < -0.3 is 4.57 Å². The molecule has 3 aromatic rings. The minimum absolute atomic E-state index is 0.337. The molecule has 18 heavy (non-hydrogen) atoms. The molecule has 1 aromatic carbocycles. The fraction of sp³-hybridized carbons (Fsp3) is 0.0714. The number of nitrogens with zero attached hydrogens (tertiary/aromatic N) is 2. The Hall–Kier alpha value is -1.87. The van der Waals surface area contributed by atoms with Crippen molar-refractivity contribution in [3.63, 3.8) is 0 Å². The van der Waals surface area contributed by atoms with E-state index in [2.05, 4.69) is 4.98 Å². The van der Waals surface area contributed by atoms with Gasteiger partial charge in [-0.25, -0.2) is 4.39 Å². The lowest BCUT2D eigenvalue weighted by Gasteiger charge is -2.04. The van der Waals surface area contributed by atoms with Crippen LogP contribution in [0.4, 0.5) is 4.39 Å². The topological polar surface area (TPSA) is 17.8 Å². The minimum Gasteiger partial charge on any atom is -0.344 e. The summed E-state index contributed by atoms with van der Waals surface area (Å²) >= 11 is 5.99. The van der Waals surface area contributed by atoms with Gasteiger partial charge in [-0.3, -0.25) is 4.98 Å². The highest BCUT2D eigenvalue weighted by Crippen LogP contribution is 2.28. The van der Waals surface area contributed by atoms with Gasteiger partial charge in [-0.1, -0.05) is 17.7 Å². The third kappa shape index (κ3) is 1.77. The van der Waals surface area contributed by atoms with Crippen LogP contribution in [-0.2, 0) is 7.05 Å². The number of pyridine rings is 1. The molecule has 90 valence electrons. The van der Waals surface area contributed by atoms with Crippen molar-refractivity contribution >= 4 is 22.5 Å². The van der Waals surface area contributed by atoms with Crippen LogP contribution in [-0.4, -0.2) is 9.55 Å². The van der Waals surface area contributed by atoms with Gasteiger partial charge in [0.05, 0.1) is 11.9 Å². The Morgan fingerprint density at radius 3 is 2.78 bits per heavy atom. The molecule has 0 saturated carbocycles. The first-order valence-electron chi connectivity index (χ1n) is 5.51. The van der Waals surface area contributed by atoms with E-state index in [0.29, 0.717) is 5.02 Å². The Bertz CT molecular complexity index is 734. The molecule has 0 unspecified atom stereocenters. The average molecular weight is 261 g/mol. The summed E-state index contributed by atoms with van der Waals surface area (Å²) in [5.74, 6) is -0.337. The zero-order valence-electron chi connectivity index (χ0n) is 9.69. The summed E-state index contributed by atoms with van der Waals surface area (Å²) in [6.45, 7) is 0. The molecule has 0 N–H and O–H groups in total. The van der Waals surface area contributed by atoms with Crippen LogP contribution in [0.3, 0.4) is 0 Å². The van der Waals surface area contributed by atoms with E-state index in [1.54, 1.807) is 6.20 Å². The van der Waals surface area contributed by atoms with Crippen LogP contribution >= 0.6 is 11.6 Å². The number of hydrogen-bond donors (Lipinski definition) is 0. The van der Waals surface area contributed by atoms with E-state index in [1.807, 2.05) is 35.9 Å². The second-order valence-electron chi connectivity index (χ2n) is 4.18. The van der Waals surface area contributed by atoms with Crippen LogP contribution in [0.5, 0.6) is 0 Å². The third-order valence-corrected chi connectivity index (χ3v) is 3.24. The van der Waals surface area contributed by atoms with Crippen LogP contribution < -0.4 is 0 Å². The van der Waals surface area contributed by atoms with Crippen LogP contribution in [0, 0.1) is 5.82 Å². The van der Waals surface area contributed by atoms with Gasteiger partial charge in [0.25, 0.3) is 0 Å². The Morgan fingerprint density at radius 1 is 1.17 bits per heavy atom. The second kappa shape index (κ2) is 4.10. The highest BCUT2D eigenvalue weighted by atomic mass is 35.5. The average Bonchev–Trinajstić information content (AvgIpc) is 2.67. The summed E-state index contributed by atoms with van der Waals surface area (Å²) in [7, 11) is 1.93. The van der Waals surface area contributed by atoms with E-state index in [0.717, 1.165) is 22.2 Å². The number of fused-ring (bicyclic) bond motifs is 1. The monoisotopic (exact) mass is 260 g/mol. The number of hydrogen-bond acceptors (Lipinski definition) is 1. The summed E-state index contributed by atoms with van der Waals surface area (Å²) in [5, 5.41) is 1.76. The van der Waals surface area contributed by atoms with Crippen LogP contribution in [0.15, 0.2) is 42.7 Å². The van der Waals surface area contributed by atoms with Crippen LogP contribution in [0.2, 0.25) is 5.02 Å². The highest BCUT2D eigenvalue weighted by Gasteiger charge is 2.09.